The standard InChI is InChI=1S/C9H7ClF3NO3/c10-5-1-3(7(15)8(16)17)6(14)2-4(5)9(11,12)13/h1-2,7,15H,14H2,(H,16,17). The number of carboxylic acid groups (broad SMARTS) is 1. The van der Waals surface area contributed by atoms with Crippen LogP contribution in [0.1, 0.15) is 17.2 Å². The number of aliphatic hydroxyl groups is 1. The fourth-order valence-corrected chi connectivity index (χ4v) is 1.47. The van der Waals surface area contributed by atoms with E-state index in [1.807, 2.05) is 0 Å². The number of nitrogen functional groups attached to an aromatic ring is 1. The zero-order chi connectivity index (χ0) is 13.4. The van der Waals surface area contributed by atoms with Crippen LogP contribution in [0.2, 0.25) is 5.02 Å². The van der Waals surface area contributed by atoms with Crippen LogP contribution in [0, 0.1) is 0 Å². The molecule has 1 aromatic carbocycles. The first kappa shape index (κ1) is 13.6. The summed E-state index contributed by atoms with van der Waals surface area (Å²) in [5.41, 5.74) is 3.19. The molecule has 1 aromatic rings. The van der Waals surface area contributed by atoms with Crippen molar-refractivity contribution in [3.8, 4) is 0 Å². The molecule has 0 saturated carbocycles. The molecule has 1 atom stereocenters. The lowest BCUT2D eigenvalue weighted by atomic mass is 10.0. The third-order valence-electron chi connectivity index (χ3n) is 2.01. The van der Waals surface area contributed by atoms with Crippen LogP contribution in [-0.2, 0) is 11.0 Å². The van der Waals surface area contributed by atoms with Crippen molar-refractivity contribution in [1.82, 2.24) is 0 Å². The molecule has 0 aliphatic carbocycles. The number of hydrogen-bond donors (Lipinski definition) is 3. The summed E-state index contributed by atoms with van der Waals surface area (Å²) in [5, 5.41) is 17.0. The Morgan fingerprint density at radius 1 is 1.41 bits per heavy atom. The zero-order valence-corrected chi connectivity index (χ0v) is 8.88. The molecule has 1 rings (SSSR count). The minimum absolute atomic E-state index is 0.379. The zero-order valence-electron chi connectivity index (χ0n) is 8.12. The van der Waals surface area contributed by atoms with Crippen LogP contribution in [0.4, 0.5) is 18.9 Å². The van der Waals surface area contributed by atoms with E-state index in [2.05, 4.69) is 0 Å². The molecule has 0 fully saturated rings. The molecule has 17 heavy (non-hydrogen) atoms. The molecule has 0 radical (unpaired) electrons. The number of aliphatic hydroxyl groups excluding tert-OH is 1. The van der Waals surface area contributed by atoms with Gasteiger partial charge in [-0.1, -0.05) is 11.6 Å². The summed E-state index contributed by atoms with van der Waals surface area (Å²) in [6, 6.07) is 1.18. The Labute approximate surface area is 98.4 Å². The van der Waals surface area contributed by atoms with E-state index in [-0.39, 0.29) is 5.56 Å². The van der Waals surface area contributed by atoms with Gasteiger partial charge in [-0.05, 0) is 12.1 Å². The van der Waals surface area contributed by atoms with Gasteiger partial charge >= 0.3 is 12.1 Å². The Kier molecular flexibility index (Phi) is 3.53. The first-order valence-corrected chi connectivity index (χ1v) is 4.59. The topological polar surface area (TPSA) is 83.5 Å². The van der Waals surface area contributed by atoms with E-state index in [0.717, 1.165) is 0 Å². The van der Waals surface area contributed by atoms with Crippen molar-refractivity contribution in [2.24, 2.45) is 0 Å². The van der Waals surface area contributed by atoms with Crippen LogP contribution in [-0.4, -0.2) is 16.2 Å². The fourth-order valence-electron chi connectivity index (χ4n) is 1.19. The average Bonchev–Trinajstić information content (AvgIpc) is 2.18. The number of aliphatic carboxylic acids is 1. The minimum Gasteiger partial charge on any atom is -0.479 e. The van der Waals surface area contributed by atoms with Crippen molar-refractivity contribution >= 4 is 23.3 Å². The predicted molar refractivity (Wildman–Crippen MR) is 53.5 cm³/mol. The Morgan fingerprint density at radius 3 is 2.35 bits per heavy atom. The highest BCUT2D eigenvalue weighted by Gasteiger charge is 2.34. The summed E-state index contributed by atoms with van der Waals surface area (Å²) in [6.45, 7) is 0. The molecule has 0 saturated heterocycles. The summed E-state index contributed by atoms with van der Waals surface area (Å²) in [5.74, 6) is -1.63. The first-order chi connectivity index (χ1) is 7.64. The number of hydrogen-bond acceptors (Lipinski definition) is 3. The maximum absolute atomic E-state index is 12.4. The highest BCUT2D eigenvalue weighted by atomic mass is 35.5. The highest BCUT2D eigenvalue weighted by molar-refractivity contribution is 6.31. The number of rotatable bonds is 2. The van der Waals surface area contributed by atoms with E-state index >= 15 is 0 Å². The molecule has 0 spiro atoms. The Bertz CT molecular complexity index is 462. The lowest BCUT2D eigenvalue weighted by Gasteiger charge is -2.14. The van der Waals surface area contributed by atoms with Crippen LogP contribution in [0.5, 0.6) is 0 Å². The van der Waals surface area contributed by atoms with E-state index in [1.165, 1.54) is 0 Å². The first-order valence-electron chi connectivity index (χ1n) is 4.21. The van der Waals surface area contributed by atoms with Gasteiger partial charge in [-0.2, -0.15) is 13.2 Å². The van der Waals surface area contributed by atoms with Crippen LogP contribution in [0.15, 0.2) is 12.1 Å². The van der Waals surface area contributed by atoms with Gasteiger partial charge in [0.2, 0.25) is 0 Å². The van der Waals surface area contributed by atoms with Gasteiger partial charge in [0.1, 0.15) is 0 Å². The average molecular weight is 270 g/mol. The monoisotopic (exact) mass is 269 g/mol. The van der Waals surface area contributed by atoms with E-state index in [9.17, 15) is 23.1 Å². The highest BCUT2D eigenvalue weighted by Crippen LogP contribution is 2.38. The second-order valence-electron chi connectivity index (χ2n) is 3.20. The molecular weight excluding hydrogens is 263 g/mol. The second-order valence-corrected chi connectivity index (χ2v) is 3.61. The third kappa shape index (κ3) is 2.80. The Morgan fingerprint density at radius 2 is 1.94 bits per heavy atom. The van der Waals surface area contributed by atoms with Gasteiger partial charge < -0.3 is 15.9 Å². The number of halogens is 4. The molecule has 0 bridgehead atoms. The molecule has 94 valence electrons. The maximum Gasteiger partial charge on any atom is 0.417 e. The fraction of sp³-hybridized carbons (Fsp3) is 0.222. The number of benzene rings is 1. The van der Waals surface area contributed by atoms with Gasteiger partial charge in [0.25, 0.3) is 0 Å². The van der Waals surface area contributed by atoms with Gasteiger partial charge in [0.15, 0.2) is 6.10 Å². The summed E-state index contributed by atoms with van der Waals surface area (Å²) >= 11 is 5.36. The summed E-state index contributed by atoms with van der Waals surface area (Å²) < 4.78 is 37.2. The molecule has 0 aliphatic heterocycles. The second kappa shape index (κ2) is 4.42. The van der Waals surface area contributed by atoms with Crippen molar-refractivity contribution in [3.63, 3.8) is 0 Å². The van der Waals surface area contributed by atoms with Gasteiger partial charge in [-0.3, -0.25) is 0 Å². The largest absolute Gasteiger partial charge is 0.479 e. The van der Waals surface area contributed by atoms with E-state index < -0.39 is 34.5 Å². The molecule has 0 amide bonds. The van der Waals surface area contributed by atoms with Crippen LogP contribution in [0.3, 0.4) is 0 Å². The predicted octanol–water partition coefficient (Wildman–Crippen LogP) is 2.06. The molecule has 0 aliphatic rings. The minimum atomic E-state index is -4.70. The SMILES string of the molecule is Nc1cc(C(F)(F)F)c(Cl)cc1C(O)C(=O)O. The number of nitrogens with two attached hydrogens (primary N) is 1. The van der Waals surface area contributed by atoms with E-state index in [1.54, 1.807) is 0 Å². The lowest BCUT2D eigenvalue weighted by Crippen LogP contribution is -2.14. The third-order valence-corrected chi connectivity index (χ3v) is 2.32. The lowest BCUT2D eigenvalue weighted by molar-refractivity contribution is -0.146. The molecule has 4 N–H and O–H groups in total. The van der Waals surface area contributed by atoms with Crippen LogP contribution < -0.4 is 5.73 Å². The number of carbonyl (C=O) groups is 1. The molecule has 4 nitrogen and oxygen atoms in total. The van der Waals surface area contributed by atoms with Crippen molar-refractivity contribution in [1.29, 1.82) is 0 Å². The molecular formula is C9H7ClF3NO3. The van der Waals surface area contributed by atoms with Crippen molar-refractivity contribution in [3.05, 3.63) is 28.3 Å². The molecule has 0 aromatic heterocycles. The van der Waals surface area contributed by atoms with Gasteiger partial charge in [0, 0.05) is 11.3 Å². The maximum atomic E-state index is 12.4. The van der Waals surface area contributed by atoms with Crippen molar-refractivity contribution in [2.75, 3.05) is 5.73 Å². The summed E-state index contributed by atoms with van der Waals surface area (Å²) in [4.78, 5) is 10.5. The van der Waals surface area contributed by atoms with Crippen LogP contribution in [0.25, 0.3) is 0 Å². The molecule has 0 heterocycles. The quantitative estimate of drug-likeness (QED) is 0.718. The van der Waals surface area contributed by atoms with Gasteiger partial charge in [-0.25, -0.2) is 4.79 Å². The van der Waals surface area contributed by atoms with Crippen LogP contribution >= 0.6 is 11.6 Å². The number of alkyl halides is 3. The van der Waals surface area contributed by atoms with Gasteiger partial charge in [0.05, 0.1) is 10.6 Å². The molecule has 8 heteroatoms. The summed E-state index contributed by atoms with van der Waals surface area (Å²) in [7, 11) is 0. The van der Waals surface area contributed by atoms with Gasteiger partial charge in [-0.15, -0.1) is 0 Å². The Balaban J connectivity index is 3.33. The molecule has 1 unspecified atom stereocenters. The van der Waals surface area contributed by atoms with E-state index in [4.69, 9.17) is 22.4 Å². The smallest absolute Gasteiger partial charge is 0.417 e. The number of carboxylic acids is 1. The van der Waals surface area contributed by atoms with Crippen molar-refractivity contribution < 1.29 is 28.2 Å². The number of anilines is 1. The normalized spacial score (nSPS) is 13.5. The Hall–Kier alpha value is -1.47. The van der Waals surface area contributed by atoms with Crippen molar-refractivity contribution in [2.45, 2.75) is 12.3 Å². The summed E-state index contributed by atoms with van der Waals surface area (Å²) in [6.07, 6.45) is -6.72. The van der Waals surface area contributed by atoms with E-state index in [0.29, 0.717) is 12.1 Å².